The third kappa shape index (κ3) is 3.25. The van der Waals surface area contributed by atoms with Gasteiger partial charge in [0.2, 0.25) is 0 Å². The van der Waals surface area contributed by atoms with E-state index in [1.54, 1.807) is 12.1 Å². The monoisotopic (exact) mass is 209 g/mol. The molecule has 0 aliphatic rings. The average Bonchev–Trinajstić information content (AvgIpc) is 2.25. The van der Waals surface area contributed by atoms with Crippen LogP contribution in [0.3, 0.4) is 0 Å². The van der Waals surface area contributed by atoms with Gasteiger partial charge in [0, 0.05) is 5.56 Å². The topological polar surface area (TPSA) is 69.6 Å². The summed E-state index contributed by atoms with van der Waals surface area (Å²) in [5, 5.41) is 20.8. The second-order valence-electron chi connectivity index (χ2n) is 3.31. The Morgan fingerprint density at radius 3 is 2.80 bits per heavy atom. The maximum Gasteiger partial charge on any atom is 0.251 e. The Labute approximate surface area is 88.6 Å². The van der Waals surface area contributed by atoms with Crippen molar-refractivity contribution in [3.05, 3.63) is 29.8 Å². The van der Waals surface area contributed by atoms with Crippen LogP contribution in [0, 0.1) is 0 Å². The van der Waals surface area contributed by atoms with Gasteiger partial charge in [-0.1, -0.05) is 13.0 Å². The van der Waals surface area contributed by atoms with Gasteiger partial charge in [0.15, 0.2) is 0 Å². The molecule has 0 aliphatic heterocycles. The largest absolute Gasteiger partial charge is 0.508 e. The summed E-state index contributed by atoms with van der Waals surface area (Å²) in [6.45, 7) is 1.80. The number of rotatable bonds is 4. The van der Waals surface area contributed by atoms with Crippen molar-refractivity contribution in [2.45, 2.75) is 19.4 Å². The number of carbonyl (C=O) groups excluding carboxylic acids is 1. The molecule has 0 heterocycles. The van der Waals surface area contributed by atoms with Gasteiger partial charge in [-0.25, -0.2) is 0 Å². The van der Waals surface area contributed by atoms with E-state index in [-0.39, 0.29) is 24.3 Å². The summed E-state index contributed by atoms with van der Waals surface area (Å²) in [5.74, 6) is -0.230. The van der Waals surface area contributed by atoms with E-state index < -0.39 is 0 Å². The van der Waals surface area contributed by atoms with Gasteiger partial charge in [-0.15, -0.1) is 0 Å². The summed E-state index contributed by atoms with van der Waals surface area (Å²) in [6.07, 6.45) is 0.668. The number of hydrogen-bond acceptors (Lipinski definition) is 3. The highest BCUT2D eigenvalue weighted by molar-refractivity contribution is 5.94. The van der Waals surface area contributed by atoms with Crippen molar-refractivity contribution in [1.29, 1.82) is 0 Å². The number of aromatic hydroxyl groups is 1. The molecule has 0 aliphatic carbocycles. The predicted molar refractivity (Wildman–Crippen MR) is 56.7 cm³/mol. The number of aliphatic hydroxyl groups is 1. The molecule has 0 spiro atoms. The van der Waals surface area contributed by atoms with Crippen molar-refractivity contribution in [3.63, 3.8) is 0 Å². The van der Waals surface area contributed by atoms with Crippen molar-refractivity contribution in [1.82, 2.24) is 5.32 Å². The number of nitrogens with one attached hydrogen (secondary N) is 1. The first kappa shape index (κ1) is 11.5. The van der Waals surface area contributed by atoms with Crippen molar-refractivity contribution < 1.29 is 15.0 Å². The molecule has 1 aromatic rings. The van der Waals surface area contributed by atoms with Crippen LogP contribution in [0.4, 0.5) is 0 Å². The van der Waals surface area contributed by atoms with Crippen LogP contribution in [0.1, 0.15) is 23.7 Å². The van der Waals surface area contributed by atoms with E-state index in [2.05, 4.69) is 5.32 Å². The first-order chi connectivity index (χ1) is 7.17. The minimum atomic E-state index is -0.285. The number of phenols is 1. The van der Waals surface area contributed by atoms with E-state index in [4.69, 9.17) is 5.11 Å². The van der Waals surface area contributed by atoms with E-state index in [1.807, 2.05) is 6.92 Å². The van der Waals surface area contributed by atoms with Crippen molar-refractivity contribution in [2.24, 2.45) is 0 Å². The minimum absolute atomic E-state index is 0.0553. The summed E-state index contributed by atoms with van der Waals surface area (Å²) in [4.78, 5) is 11.6. The Kier molecular flexibility index (Phi) is 4.12. The van der Waals surface area contributed by atoms with E-state index in [9.17, 15) is 9.90 Å². The van der Waals surface area contributed by atoms with Gasteiger partial charge >= 0.3 is 0 Å². The second kappa shape index (κ2) is 5.36. The van der Waals surface area contributed by atoms with Crippen LogP contribution in [0.5, 0.6) is 5.75 Å². The molecule has 82 valence electrons. The number of hydrogen-bond donors (Lipinski definition) is 3. The molecule has 1 rings (SSSR count). The number of amides is 1. The molecule has 1 atom stereocenters. The Morgan fingerprint density at radius 1 is 1.53 bits per heavy atom. The Bertz CT molecular complexity index is 334. The van der Waals surface area contributed by atoms with Crippen molar-refractivity contribution >= 4 is 5.91 Å². The van der Waals surface area contributed by atoms with Gasteiger partial charge in [0.25, 0.3) is 5.91 Å². The van der Waals surface area contributed by atoms with Gasteiger partial charge in [0.1, 0.15) is 5.75 Å². The first-order valence-electron chi connectivity index (χ1n) is 4.88. The molecular formula is C11H15NO3. The molecular weight excluding hydrogens is 194 g/mol. The first-order valence-corrected chi connectivity index (χ1v) is 4.88. The molecule has 4 heteroatoms. The average molecular weight is 209 g/mol. The van der Waals surface area contributed by atoms with Crippen LogP contribution in [-0.4, -0.2) is 28.8 Å². The Hall–Kier alpha value is -1.55. The summed E-state index contributed by atoms with van der Waals surface area (Å²) in [7, 11) is 0. The fraction of sp³-hybridized carbons (Fsp3) is 0.364. The zero-order valence-corrected chi connectivity index (χ0v) is 8.60. The predicted octanol–water partition coefficient (Wildman–Crippen LogP) is 0.893. The van der Waals surface area contributed by atoms with Crippen molar-refractivity contribution in [3.8, 4) is 5.75 Å². The number of carbonyl (C=O) groups is 1. The molecule has 1 aromatic carbocycles. The molecule has 1 amide bonds. The standard InChI is InChI=1S/C11H15NO3/c1-2-9(7-13)12-11(15)8-4-3-5-10(14)6-8/h3-6,9,13-14H,2,7H2,1H3,(H,12,15). The summed E-state index contributed by atoms with van der Waals surface area (Å²) >= 11 is 0. The smallest absolute Gasteiger partial charge is 0.251 e. The third-order valence-corrected chi connectivity index (χ3v) is 2.16. The highest BCUT2D eigenvalue weighted by atomic mass is 16.3. The second-order valence-corrected chi connectivity index (χ2v) is 3.31. The normalized spacial score (nSPS) is 12.1. The summed E-state index contributed by atoms with van der Waals surface area (Å²) < 4.78 is 0. The van der Waals surface area contributed by atoms with Crippen molar-refractivity contribution in [2.75, 3.05) is 6.61 Å². The van der Waals surface area contributed by atoms with Crippen LogP contribution in [-0.2, 0) is 0 Å². The van der Waals surface area contributed by atoms with E-state index in [1.165, 1.54) is 12.1 Å². The van der Waals surface area contributed by atoms with E-state index in [0.717, 1.165) is 0 Å². The number of benzene rings is 1. The van der Waals surface area contributed by atoms with Gasteiger partial charge in [0.05, 0.1) is 12.6 Å². The summed E-state index contributed by atoms with van der Waals surface area (Å²) in [6, 6.07) is 5.86. The van der Waals surface area contributed by atoms with Crippen LogP contribution in [0.25, 0.3) is 0 Å². The van der Waals surface area contributed by atoms with Crippen LogP contribution in [0.15, 0.2) is 24.3 Å². The zero-order chi connectivity index (χ0) is 11.3. The fourth-order valence-corrected chi connectivity index (χ4v) is 1.19. The SMILES string of the molecule is CCC(CO)NC(=O)c1cccc(O)c1. The lowest BCUT2D eigenvalue weighted by Crippen LogP contribution is -2.36. The van der Waals surface area contributed by atoms with Gasteiger partial charge in [-0.3, -0.25) is 4.79 Å². The highest BCUT2D eigenvalue weighted by Crippen LogP contribution is 2.10. The molecule has 1 unspecified atom stereocenters. The summed E-state index contributed by atoms with van der Waals surface area (Å²) in [5.41, 5.74) is 0.391. The molecule has 4 nitrogen and oxygen atoms in total. The third-order valence-electron chi connectivity index (χ3n) is 2.16. The Morgan fingerprint density at radius 2 is 2.27 bits per heavy atom. The molecule has 3 N–H and O–H groups in total. The number of phenolic OH excluding ortho intramolecular Hbond substituents is 1. The molecule has 0 fully saturated rings. The van der Waals surface area contributed by atoms with Gasteiger partial charge in [-0.2, -0.15) is 0 Å². The fourth-order valence-electron chi connectivity index (χ4n) is 1.19. The minimum Gasteiger partial charge on any atom is -0.508 e. The number of aliphatic hydroxyl groups excluding tert-OH is 1. The quantitative estimate of drug-likeness (QED) is 0.689. The molecule has 0 aromatic heterocycles. The molecule has 15 heavy (non-hydrogen) atoms. The lowest BCUT2D eigenvalue weighted by Gasteiger charge is -2.13. The highest BCUT2D eigenvalue weighted by Gasteiger charge is 2.11. The molecule has 0 saturated heterocycles. The molecule has 0 radical (unpaired) electrons. The molecule has 0 bridgehead atoms. The lowest BCUT2D eigenvalue weighted by atomic mass is 10.1. The molecule has 0 saturated carbocycles. The maximum absolute atomic E-state index is 11.6. The zero-order valence-electron chi connectivity index (χ0n) is 8.60. The van der Waals surface area contributed by atoms with Crippen LogP contribution in [0.2, 0.25) is 0 Å². The maximum atomic E-state index is 11.6. The van der Waals surface area contributed by atoms with Gasteiger partial charge < -0.3 is 15.5 Å². The van der Waals surface area contributed by atoms with E-state index >= 15 is 0 Å². The van der Waals surface area contributed by atoms with E-state index in [0.29, 0.717) is 12.0 Å². The Balaban J connectivity index is 2.68. The lowest BCUT2D eigenvalue weighted by molar-refractivity contribution is 0.0914. The van der Waals surface area contributed by atoms with Crippen LogP contribution < -0.4 is 5.32 Å². The van der Waals surface area contributed by atoms with Crippen LogP contribution >= 0.6 is 0 Å². The van der Waals surface area contributed by atoms with Gasteiger partial charge in [-0.05, 0) is 24.6 Å².